The fourth-order valence-electron chi connectivity index (χ4n) is 3.17. The number of nitrogens with zero attached hydrogens (tertiary/aromatic N) is 2. The quantitative estimate of drug-likeness (QED) is 0.734. The number of hydrogen-bond acceptors (Lipinski definition) is 6. The number of hydrogen-bond donors (Lipinski definition) is 2. The van der Waals surface area contributed by atoms with Crippen LogP contribution in [0.5, 0.6) is 5.75 Å². The van der Waals surface area contributed by atoms with Crippen LogP contribution >= 0.6 is 0 Å². The fraction of sp³-hybridized carbons (Fsp3) is 0.316. The highest BCUT2D eigenvalue weighted by molar-refractivity contribution is 5.92. The minimum absolute atomic E-state index is 0.162. The molecule has 1 fully saturated rings. The number of methoxy groups -OCH3 is 1. The van der Waals surface area contributed by atoms with Crippen LogP contribution in [0.4, 0.5) is 5.95 Å². The standard InChI is InChI=1S/C19H20N4O3/c1-25-13-6-4-12(5-7-13)15-8-9-20-17-16(15)18(24)23-19(22-17)21-11-14-3-2-10-26-14/h4-9,14H,2-3,10-11H2,1H3,(H2,20,21,22,23,24). The maximum atomic E-state index is 12.7. The van der Waals surface area contributed by atoms with Gasteiger partial charge in [-0.25, -0.2) is 4.98 Å². The van der Waals surface area contributed by atoms with Crippen LogP contribution in [0.25, 0.3) is 22.2 Å². The second kappa shape index (κ2) is 7.13. The Morgan fingerprint density at radius 1 is 1.31 bits per heavy atom. The van der Waals surface area contributed by atoms with Crippen molar-refractivity contribution in [1.29, 1.82) is 0 Å². The third-order valence-electron chi connectivity index (χ3n) is 4.53. The first-order valence-corrected chi connectivity index (χ1v) is 8.63. The lowest BCUT2D eigenvalue weighted by atomic mass is 10.0. The topological polar surface area (TPSA) is 89.1 Å². The number of aromatic amines is 1. The number of anilines is 1. The van der Waals surface area contributed by atoms with Crippen molar-refractivity contribution < 1.29 is 9.47 Å². The van der Waals surface area contributed by atoms with Gasteiger partial charge in [0.2, 0.25) is 5.95 Å². The summed E-state index contributed by atoms with van der Waals surface area (Å²) in [5.41, 5.74) is 1.89. The summed E-state index contributed by atoms with van der Waals surface area (Å²) in [7, 11) is 1.62. The van der Waals surface area contributed by atoms with E-state index < -0.39 is 0 Å². The van der Waals surface area contributed by atoms with E-state index in [1.165, 1.54) is 0 Å². The lowest BCUT2D eigenvalue weighted by Gasteiger charge is -2.12. The van der Waals surface area contributed by atoms with Gasteiger partial charge >= 0.3 is 0 Å². The van der Waals surface area contributed by atoms with E-state index in [1.807, 2.05) is 30.3 Å². The van der Waals surface area contributed by atoms with Gasteiger partial charge in [-0.1, -0.05) is 12.1 Å². The van der Waals surface area contributed by atoms with Gasteiger partial charge in [0.05, 0.1) is 18.6 Å². The van der Waals surface area contributed by atoms with Gasteiger partial charge in [0.1, 0.15) is 5.75 Å². The minimum atomic E-state index is -0.219. The number of benzene rings is 1. The first-order chi connectivity index (χ1) is 12.7. The van der Waals surface area contributed by atoms with E-state index in [-0.39, 0.29) is 11.7 Å². The van der Waals surface area contributed by atoms with E-state index >= 15 is 0 Å². The molecule has 0 saturated carbocycles. The molecule has 0 bridgehead atoms. The van der Waals surface area contributed by atoms with Crippen molar-refractivity contribution in [2.75, 3.05) is 25.6 Å². The molecule has 1 unspecified atom stereocenters. The predicted molar refractivity (Wildman–Crippen MR) is 99.6 cm³/mol. The van der Waals surface area contributed by atoms with E-state index in [9.17, 15) is 4.79 Å². The molecule has 0 spiro atoms. The van der Waals surface area contributed by atoms with Crippen LogP contribution in [0.1, 0.15) is 12.8 Å². The average molecular weight is 352 g/mol. The predicted octanol–water partition coefficient (Wildman–Crippen LogP) is 2.58. The van der Waals surface area contributed by atoms with Gasteiger partial charge in [0.25, 0.3) is 5.56 Å². The molecule has 1 aromatic carbocycles. The van der Waals surface area contributed by atoms with Crippen molar-refractivity contribution in [2.45, 2.75) is 18.9 Å². The van der Waals surface area contributed by atoms with Gasteiger partial charge in [-0.05, 0) is 42.2 Å². The summed E-state index contributed by atoms with van der Waals surface area (Å²) in [5.74, 6) is 1.18. The third kappa shape index (κ3) is 3.25. The number of fused-ring (bicyclic) bond motifs is 1. The monoisotopic (exact) mass is 352 g/mol. The zero-order valence-electron chi connectivity index (χ0n) is 14.5. The summed E-state index contributed by atoms with van der Waals surface area (Å²) in [6, 6.07) is 9.37. The molecule has 1 saturated heterocycles. The van der Waals surface area contributed by atoms with Crippen LogP contribution < -0.4 is 15.6 Å². The van der Waals surface area contributed by atoms with Crippen LogP contribution in [-0.2, 0) is 4.74 Å². The van der Waals surface area contributed by atoms with Crippen molar-refractivity contribution >= 4 is 17.0 Å². The Kier molecular flexibility index (Phi) is 4.53. The molecular formula is C19H20N4O3. The van der Waals surface area contributed by atoms with Crippen molar-refractivity contribution in [3.63, 3.8) is 0 Å². The Balaban J connectivity index is 1.68. The molecule has 26 heavy (non-hydrogen) atoms. The first kappa shape index (κ1) is 16.5. The Morgan fingerprint density at radius 3 is 2.88 bits per heavy atom. The molecule has 1 atom stereocenters. The summed E-state index contributed by atoms with van der Waals surface area (Å²) >= 11 is 0. The number of aromatic nitrogens is 3. The molecule has 0 amide bonds. The molecule has 3 heterocycles. The van der Waals surface area contributed by atoms with E-state index in [0.29, 0.717) is 23.5 Å². The summed E-state index contributed by atoms with van der Waals surface area (Å²) in [4.78, 5) is 24.2. The zero-order valence-corrected chi connectivity index (χ0v) is 14.5. The maximum absolute atomic E-state index is 12.7. The van der Waals surface area contributed by atoms with Crippen molar-refractivity contribution in [3.8, 4) is 16.9 Å². The van der Waals surface area contributed by atoms with Gasteiger partial charge in [-0.15, -0.1) is 0 Å². The maximum Gasteiger partial charge on any atom is 0.262 e. The highest BCUT2D eigenvalue weighted by Gasteiger charge is 2.16. The second-order valence-electron chi connectivity index (χ2n) is 6.22. The number of ether oxygens (including phenoxy) is 2. The van der Waals surface area contributed by atoms with Gasteiger partial charge in [0, 0.05) is 19.3 Å². The van der Waals surface area contributed by atoms with Gasteiger partial charge in [-0.2, -0.15) is 4.98 Å². The lowest BCUT2D eigenvalue weighted by molar-refractivity contribution is 0.120. The van der Waals surface area contributed by atoms with Crippen molar-refractivity contribution in [1.82, 2.24) is 15.0 Å². The number of pyridine rings is 1. The highest BCUT2D eigenvalue weighted by Crippen LogP contribution is 2.26. The van der Waals surface area contributed by atoms with Crippen molar-refractivity contribution in [2.24, 2.45) is 0 Å². The summed E-state index contributed by atoms with van der Waals surface area (Å²) < 4.78 is 10.8. The molecular weight excluding hydrogens is 332 g/mol. The Labute approximate surface area is 150 Å². The molecule has 2 N–H and O–H groups in total. The summed E-state index contributed by atoms with van der Waals surface area (Å²) in [6.07, 6.45) is 3.92. The molecule has 134 valence electrons. The first-order valence-electron chi connectivity index (χ1n) is 8.63. The molecule has 2 aromatic heterocycles. The van der Waals surface area contributed by atoms with Crippen LogP contribution in [-0.4, -0.2) is 41.3 Å². The molecule has 3 aromatic rings. The normalized spacial score (nSPS) is 16.7. The Morgan fingerprint density at radius 2 is 2.15 bits per heavy atom. The highest BCUT2D eigenvalue weighted by atomic mass is 16.5. The van der Waals surface area contributed by atoms with Crippen LogP contribution in [0.15, 0.2) is 41.3 Å². The SMILES string of the molecule is COc1ccc(-c2ccnc3nc(NCC4CCCO4)[nH]c(=O)c23)cc1. The molecule has 7 heteroatoms. The second-order valence-corrected chi connectivity index (χ2v) is 6.22. The molecule has 0 radical (unpaired) electrons. The van der Waals surface area contributed by atoms with Crippen LogP contribution in [0.2, 0.25) is 0 Å². The largest absolute Gasteiger partial charge is 0.497 e. The number of H-pyrrole nitrogens is 1. The number of rotatable bonds is 5. The molecule has 1 aliphatic rings. The molecule has 7 nitrogen and oxygen atoms in total. The molecule has 0 aliphatic carbocycles. The fourth-order valence-corrected chi connectivity index (χ4v) is 3.17. The minimum Gasteiger partial charge on any atom is -0.497 e. The number of nitrogens with one attached hydrogen (secondary N) is 2. The van der Waals surface area contributed by atoms with Crippen molar-refractivity contribution in [3.05, 3.63) is 46.9 Å². The molecule has 4 rings (SSSR count). The smallest absolute Gasteiger partial charge is 0.262 e. The van der Waals surface area contributed by atoms with E-state index in [4.69, 9.17) is 9.47 Å². The lowest BCUT2D eigenvalue weighted by Crippen LogP contribution is -2.22. The average Bonchev–Trinajstić information content (AvgIpc) is 3.19. The van der Waals surface area contributed by atoms with E-state index in [0.717, 1.165) is 36.3 Å². The Hall–Kier alpha value is -2.93. The van der Waals surface area contributed by atoms with E-state index in [2.05, 4.69) is 20.3 Å². The zero-order chi connectivity index (χ0) is 17.9. The van der Waals surface area contributed by atoms with Gasteiger partial charge in [0.15, 0.2) is 5.65 Å². The van der Waals surface area contributed by atoms with Gasteiger partial charge < -0.3 is 14.8 Å². The van der Waals surface area contributed by atoms with Crippen LogP contribution in [0, 0.1) is 0 Å². The Bertz CT molecular complexity index is 963. The summed E-state index contributed by atoms with van der Waals surface area (Å²) in [5, 5.41) is 3.62. The van der Waals surface area contributed by atoms with Gasteiger partial charge in [-0.3, -0.25) is 9.78 Å². The molecule has 1 aliphatic heterocycles. The summed E-state index contributed by atoms with van der Waals surface area (Å²) in [6.45, 7) is 1.41. The third-order valence-corrected chi connectivity index (χ3v) is 4.53. The van der Waals surface area contributed by atoms with E-state index in [1.54, 1.807) is 13.3 Å². The van der Waals surface area contributed by atoms with Crippen LogP contribution in [0.3, 0.4) is 0 Å².